The quantitative estimate of drug-likeness (QED) is 0.627. The molecule has 0 saturated heterocycles. The number of carbonyl (C=O) groups is 1. The van der Waals surface area contributed by atoms with Gasteiger partial charge in [-0.05, 0) is 46.7 Å². The molecule has 0 aliphatic rings. The lowest BCUT2D eigenvalue weighted by molar-refractivity contribution is 0.0943. The van der Waals surface area contributed by atoms with Gasteiger partial charge in [-0.1, -0.05) is 87.5 Å². The molecular weight excluding hydrogens is 330 g/mol. The zero-order valence-corrected chi connectivity index (χ0v) is 16.5. The Hall–Kier alpha value is -2.87. The maximum Gasteiger partial charge on any atom is 0.252 e. The van der Waals surface area contributed by atoms with Crippen molar-refractivity contribution >= 4 is 5.91 Å². The molecule has 0 spiro atoms. The highest BCUT2D eigenvalue weighted by Gasteiger charge is 2.20. The topological polar surface area (TPSA) is 29.1 Å². The number of rotatable bonds is 4. The second-order valence-corrected chi connectivity index (χ2v) is 8.00. The highest BCUT2D eigenvalue weighted by atomic mass is 16.1. The molecule has 3 rings (SSSR count). The first-order valence-corrected chi connectivity index (χ1v) is 9.38. The first-order valence-electron chi connectivity index (χ1n) is 9.38. The minimum Gasteiger partial charge on any atom is -0.341 e. The van der Waals surface area contributed by atoms with Gasteiger partial charge in [0.05, 0.1) is 6.04 Å². The van der Waals surface area contributed by atoms with E-state index < -0.39 is 0 Å². The van der Waals surface area contributed by atoms with E-state index in [0.717, 1.165) is 16.7 Å². The van der Waals surface area contributed by atoms with Gasteiger partial charge in [0.2, 0.25) is 0 Å². The molecule has 2 nitrogen and oxygen atoms in total. The number of amides is 1. The average molecular weight is 357 g/mol. The normalized spacial score (nSPS) is 12.4. The molecule has 0 bridgehead atoms. The van der Waals surface area contributed by atoms with Crippen molar-refractivity contribution in [1.82, 2.24) is 5.32 Å². The number of nitrogens with one attached hydrogen (secondary N) is 1. The maximum atomic E-state index is 13.0. The summed E-state index contributed by atoms with van der Waals surface area (Å²) in [6.45, 7) is 8.60. The molecule has 27 heavy (non-hydrogen) atoms. The lowest BCUT2D eigenvalue weighted by Gasteiger charge is -2.22. The summed E-state index contributed by atoms with van der Waals surface area (Å²) >= 11 is 0. The molecule has 0 aliphatic heterocycles. The van der Waals surface area contributed by atoms with Crippen molar-refractivity contribution in [3.63, 3.8) is 0 Å². The number of carbonyl (C=O) groups excluding carboxylic acids is 1. The van der Waals surface area contributed by atoms with Crippen molar-refractivity contribution in [3.05, 3.63) is 107 Å². The van der Waals surface area contributed by atoms with Gasteiger partial charge < -0.3 is 5.32 Å². The fraction of sp³-hybridized carbons (Fsp3) is 0.240. The fourth-order valence-electron chi connectivity index (χ4n) is 3.23. The summed E-state index contributed by atoms with van der Waals surface area (Å²) in [5, 5.41) is 3.23. The van der Waals surface area contributed by atoms with Crippen molar-refractivity contribution in [2.24, 2.45) is 0 Å². The number of aryl methyl sites for hydroxylation is 1. The zero-order valence-electron chi connectivity index (χ0n) is 16.5. The van der Waals surface area contributed by atoms with Crippen molar-refractivity contribution in [2.45, 2.75) is 39.2 Å². The molecule has 1 N–H and O–H groups in total. The SMILES string of the molecule is Cc1ccccc1[C@@H](NC(=O)c1ccc(C(C)(C)C)cc1)c1ccccc1. The summed E-state index contributed by atoms with van der Waals surface area (Å²) in [6.07, 6.45) is 0. The predicted molar refractivity (Wildman–Crippen MR) is 112 cm³/mol. The fourth-order valence-corrected chi connectivity index (χ4v) is 3.23. The molecule has 0 heterocycles. The molecule has 2 heteroatoms. The molecule has 0 aliphatic carbocycles. The molecule has 3 aromatic rings. The largest absolute Gasteiger partial charge is 0.341 e. The van der Waals surface area contributed by atoms with Gasteiger partial charge in [-0.2, -0.15) is 0 Å². The van der Waals surface area contributed by atoms with E-state index in [2.05, 4.69) is 57.3 Å². The van der Waals surface area contributed by atoms with Gasteiger partial charge >= 0.3 is 0 Å². The number of hydrogen-bond donors (Lipinski definition) is 1. The lowest BCUT2D eigenvalue weighted by Crippen LogP contribution is -2.29. The molecular formula is C25H27NO. The molecule has 0 saturated carbocycles. The predicted octanol–water partition coefficient (Wildman–Crippen LogP) is 5.81. The summed E-state index contributed by atoms with van der Waals surface area (Å²) in [5.74, 6) is -0.0624. The Balaban J connectivity index is 1.91. The molecule has 0 fully saturated rings. The molecule has 1 atom stereocenters. The van der Waals surface area contributed by atoms with Gasteiger partial charge in [-0.25, -0.2) is 0 Å². The highest BCUT2D eigenvalue weighted by molar-refractivity contribution is 5.94. The Morgan fingerprint density at radius 2 is 1.41 bits per heavy atom. The van der Waals surface area contributed by atoms with Gasteiger partial charge in [-0.3, -0.25) is 4.79 Å². The van der Waals surface area contributed by atoms with Crippen molar-refractivity contribution in [2.75, 3.05) is 0 Å². The molecule has 1 amide bonds. The third kappa shape index (κ3) is 4.46. The molecule has 138 valence electrons. The van der Waals surface area contributed by atoms with Crippen LogP contribution in [0.25, 0.3) is 0 Å². The summed E-state index contributed by atoms with van der Waals surface area (Å²) in [5.41, 5.74) is 5.32. The van der Waals surface area contributed by atoms with Crippen molar-refractivity contribution in [3.8, 4) is 0 Å². The standard InChI is InChI=1S/C25H27NO/c1-18-10-8-9-13-22(18)23(19-11-6-5-7-12-19)26-24(27)20-14-16-21(17-15-20)25(2,3)4/h5-17,23H,1-4H3,(H,26,27)/t23-/m0/s1. The van der Waals surface area contributed by atoms with Crippen LogP contribution in [0.4, 0.5) is 0 Å². The summed E-state index contributed by atoms with van der Waals surface area (Å²) in [4.78, 5) is 13.0. The van der Waals surface area contributed by atoms with E-state index >= 15 is 0 Å². The van der Waals surface area contributed by atoms with E-state index in [0.29, 0.717) is 5.56 Å². The van der Waals surface area contributed by atoms with Gasteiger partial charge in [0.15, 0.2) is 0 Å². The first kappa shape index (κ1) is 18.9. The van der Waals surface area contributed by atoms with Gasteiger partial charge in [0, 0.05) is 5.56 Å². The van der Waals surface area contributed by atoms with Crippen LogP contribution in [0.15, 0.2) is 78.9 Å². The van der Waals surface area contributed by atoms with Crippen LogP contribution in [-0.2, 0) is 5.41 Å². The van der Waals surface area contributed by atoms with Crippen LogP contribution in [0, 0.1) is 6.92 Å². The summed E-state index contributed by atoms with van der Waals surface area (Å²) < 4.78 is 0. The third-order valence-corrected chi connectivity index (χ3v) is 4.92. The van der Waals surface area contributed by atoms with Crippen LogP contribution >= 0.6 is 0 Å². The summed E-state index contributed by atoms with van der Waals surface area (Å²) in [6, 6.07) is 26.0. The molecule has 0 unspecified atom stereocenters. The molecule has 0 radical (unpaired) electrons. The Morgan fingerprint density at radius 3 is 2.00 bits per heavy atom. The highest BCUT2D eigenvalue weighted by Crippen LogP contribution is 2.26. The maximum absolute atomic E-state index is 13.0. The van der Waals surface area contributed by atoms with Crippen LogP contribution in [0.2, 0.25) is 0 Å². The van der Waals surface area contributed by atoms with Crippen LogP contribution in [0.5, 0.6) is 0 Å². The smallest absolute Gasteiger partial charge is 0.252 e. The minimum atomic E-state index is -0.179. The zero-order chi connectivity index (χ0) is 19.4. The first-order chi connectivity index (χ1) is 12.9. The molecule has 0 aromatic heterocycles. The van der Waals surface area contributed by atoms with Crippen LogP contribution in [0.3, 0.4) is 0 Å². The van der Waals surface area contributed by atoms with E-state index in [1.165, 1.54) is 5.56 Å². The second kappa shape index (κ2) is 7.79. The Labute approximate surface area is 162 Å². The average Bonchev–Trinajstić information content (AvgIpc) is 2.67. The molecule has 3 aromatic carbocycles. The lowest BCUT2D eigenvalue weighted by atomic mass is 9.86. The van der Waals surface area contributed by atoms with E-state index in [1.807, 2.05) is 54.6 Å². The third-order valence-electron chi connectivity index (χ3n) is 4.92. The van der Waals surface area contributed by atoms with Gasteiger partial charge in [-0.15, -0.1) is 0 Å². The van der Waals surface area contributed by atoms with E-state index in [9.17, 15) is 4.79 Å². The van der Waals surface area contributed by atoms with Crippen LogP contribution in [-0.4, -0.2) is 5.91 Å². The van der Waals surface area contributed by atoms with Crippen LogP contribution in [0.1, 0.15) is 59.4 Å². The monoisotopic (exact) mass is 357 g/mol. The summed E-state index contributed by atoms with van der Waals surface area (Å²) in [7, 11) is 0. The Morgan fingerprint density at radius 1 is 0.815 bits per heavy atom. The van der Waals surface area contributed by atoms with Gasteiger partial charge in [0.1, 0.15) is 0 Å². The van der Waals surface area contributed by atoms with E-state index in [4.69, 9.17) is 0 Å². The number of benzene rings is 3. The van der Waals surface area contributed by atoms with Crippen molar-refractivity contribution in [1.29, 1.82) is 0 Å². The van der Waals surface area contributed by atoms with E-state index in [-0.39, 0.29) is 17.4 Å². The van der Waals surface area contributed by atoms with Gasteiger partial charge in [0.25, 0.3) is 5.91 Å². The number of hydrogen-bond acceptors (Lipinski definition) is 1. The Kier molecular flexibility index (Phi) is 5.46. The minimum absolute atomic E-state index is 0.0624. The van der Waals surface area contributed by atoms with Crippen LogP contribution < -0.4 is 5.32 Å². The van der Waals surface area contributed by atoms with E-state index in [1.54, 1.807) is 0 Å². The second-order valence-electron chi connectivity index (χ2n) is 8.00. The van der Waals surface area contributed by atoms with Crippen molar-refractivity contribution < 1.29 is 4.79 Å². The Bertz CT molecular complexity index is 905.